The van der Waals surface area contributed by atoms with Crippen molar-refractivity contribution in [2.45, 2.75) is 25.6 Å². The summed E-state index contributed by atoms with van der Waals surface area (Å²) in [6.45, 7) is 2.33. The second-order valence-electron chi connectivity index (χ2n) is 5.17. The highest BCUT2D eigenvalue weighted by Gasteiger charge is 2.18. The third-order valence-corrected chi connectivity index (χ3v) is 3.83. The number of aromatic hydroxyl groups is 1. The Hall–Kier alpha value is -1.81. The number of hydrogen-bond donors (Lipinski definition) is 1. The summed E-state index contributed by atoms with van der Waals surface area (Å²) < 4.78 is 23.5. The molecule has 20 heavy (non-hydrogen) atoms. The Morgan fingerprint density at radius 2 is 2.25 bits per heavy atom. The van der Waals surface area contributed by atoms with Crippen LogP contribution in [0.4, 0.5) is 0 Å². The molecule has 1 aliphatic rings. The van der Waals surface area contributed by atoms with E-state index in [0.29, 0.717) is 35.1 Å². The van der Waals surface area contributed by atoms with Crippen molar-refractivity contribution >= 4 is 10.9 Å². The molecule has 0 bridgehead atoms. The van der Waals surface area contributed by atoms with Crippen molar-refractivity contribution in [2.24, 2.45) is 7.05 Å². The van der Waals surface area contributed by atoms with E-state index in [1.54, 1.807) is 32.2 Å². The molecule has 2 aromatic rings. The van der Waals surface area contributed by atoms with Crippen LogP contribution < -0.4 is 5.56 Å². The summed E-state index contributed by atoms with van der Waals surface area (Å²) in [4.78, 5) is 12.1. The molecule has 4 heteroatoms. The first-order valence-electron chi connectivity index (χ1n) is 7.76. The molecule has 1 aromatic heterocycles. The molecule has 2 atom stereocenters. The first-order valence-corrected chi connectivity index (χ1v) is 6.68. The molecule has 1 aliphatic heterocycles. The second-order valence-corrected chi connectivity index (χ2v) is 5.17. The summed E-state index contributed by atoms with van der Waals surface area (Å²) in [6.07, 6.45) is -0.327. The zero-order chi connectivity index (χ0) is 16.1. The van der Waals surface area contributed by atoms with Crippen molar-refractivity contribution in [1.29, 1.82) is 0 Å². The van der Waals surface area contributed by atoms with E-state index in [1.807, 2.05) is 0 Å². The number of aromatic nitrogens is 1. The van der Waals surface area contributed by atoms with Gasteiger partial charge in [0.15, 0.2) is 0 Å². The molecule has 3 rings (SSSR count). The van der Waals surface area contributed by atoms with Gasteiger partial charge < -0.3 is 14.4 Å². The van der Waals surface area contributed by atoms with Crippen LogP contribution in [0.3, 0.4) is 0 Å². The van der Waals surface area contributed by atoms with Crippen molar-refractivity contribution < 1.29 is 12.6 Å². The average molecular weight is 275 g/mol. The number of ether oxygens (including phenoxy) is 1. The molecule has 2 heterocycles. The van der Waals surface area contributed by atoms with Gasteiger partial charge in [-0.25, -0.2) is 0 Å². The molecule has 0 radical (unpaired) electrons. The Balaban J connectivity index is 2.27. The first-order chi connectivity index (χ1) is 10.3. The zero-order valence-electron chi connectivity index (χ0n) is 13.6. The lowest BCUT2D eigenvalue weighted by Gasteiger charge is -2.23. The van der Waals surface area contributed by atoms with E-state index < -0.39 is 12.3 Å². The fraction of sp³-hybridized carbons (Fsp3) is 0.438. The molecule has 1 aromatic carbocycles. The number of rotatable bonds is 1. The predicted octanol–water partition coefficient (Wildman–Crippen LogP) is 2.45. The van der Waals surface area contributed by atoms with Gasteiger partial charge in [0, 0.05) is 34.0 Å². The molecule has 2 unspecified atom stereocenters. The van der Waals surface area contributed by atoms with Crippen molar-refractivity contribution in [2.75, 3.05) is 13.2 Å². The van der Waals surface area contributed by atoms with E-state index in [4.69, 9.17) is 7.48 Å². The van der Waals surface area contributed by atoms with Crippen LogP contribution in [0.5, 0.6) is 5.75 Å². The van der Waals surface area contributed by atoms with E-state index >= 15 is 0 Å². The van der Waals surface area contributed by atoms with E-state index in [0.717, 1.165) is 0 Å². The topological polar surface area (TPSA) is 51.5 Å². The van der Waals surface area contributed by atoms with Crippen LogP contribution in [0.25, 0.3) is 10.9 Å². The molecule has 0 aliphatic carbocycles. The summed E-state index contributed by atoms with van der Waals surface area (Å²) in [5, 5.41) is 10.9. The van der Waals surface area contributed by atoms with Crippen LogP contribution >= 0.6 is 0 Å². The smallest absolute Gasteiger partial charge is 0.253 e. The summed E-state index contributed by atoms with van der Waals surface area (Å²) in [5.74, 6) is -1.10. The number of fused-ring (bicyclic) bond motifs is 1. The maximum atomic E-state index is 12.1. The van der Waals surface area contributed by atoms with E-state index in [2.05, 4.69) is 0 Å². The Morgan fingerprint density at radius 1 is 1.45 bits per heavy atom. The fourth-order valence-corrected chi connectivity index (χ4v) is 2.68. The molecule has 4 nitrogen and oxygen atoms in total. The molecular formula is C16H19NO3. The molecule has 0 spiro atoms. The molecular weight excluding hydrogens is 254 g/mol. The number of nitrogens with zero attached hydrogens (tertiary/aromatic N) is 1. The number of aryl methyl sites for hydroxylation is 2. The van der Waals surface area contributed by atoms with Crippen LogP contribution in [-0.2, 0) is 11.8 Å². The maximum absolute atomic E-state index is 12.1. The highest BCUT2D eigenvalue weighted by atomic mass is 16.5. The van der Waals surface area contributed by atoms with E-state index in [9.17, 15) is 9.90 Å². The third-order valence-electron chi connectivity index (χ3n) is 3.83. The van der Waals surface area contributed by atoms with Gasteiger partial charge in [-0.15, -0.1) is 0 Å². The average Bonchev–Trinajstić information content (AvgIpc) is 2.49. The van der Waals surface area contributed by atoms with Gasteiger partial charge in [-0.2, -0.15) is 0 Å². The maximum Gasteiger partial charge on any atom is 0.253 e. The first kappa shape index (κ1) is 10.9. The fourth-order valence-electron chi connectivity index (χ4n) is 2.68. The highest BCUT2D eigenvalue weighted by Crippen LogP contribution is 2.33. The second kappa shape index (κ2) is 4.94. The Bertz CT molecular complexity index is 802. The Morgan fingerprint density at radius 3 is 3.00 bits per heavy atom. The van der Waals surface area contributed by atoms with Crippen molar-refractivity contribution in [1.82, 2.24) is 4.57 Å². The molecule has 1 fully saturated rings. The minimum absolute atomic E-state index is 0.0384. The number of benzene rings is 1. The van der Waals surface area contributed by atoms with Crippen molar-refractivity contribution in [3.8, 4) is 5.75 Å². The molecule has 0 amide bonds. The predicted molar refractivity (Wildman–Crippen MR) is 78.4 cm³/mol. The Kier molecular flexibility index (Phi) is 2.70. The van der Waals surface area contributed by atoms with Gasteiger partial charge in [-0.3, -0.25) is 4.79 Å². The summed E-state index contributed by atoms with van der Waals surface area (Å²) in [7, 11) is 1.65. The van der Waals surface area contributed by atoms with Gasteiger partial charge in [-0.1, -0.05) is 0 Å². The van der Waals surface area contributed by atoms with Gasteiger partial charge in [0.25, 0.3) is 5.56 Å². The van der Waals surface area contributed by atoms with Gasteiger partial charge in [-0.05, 0) is 49.4 Å². The van der Waals surface area contributed by atoms with Crippen LogP contribution in [-0.4, -0.2) is 22.9 Å². The van der Waals surface area contributed by atoms with Crippen LogP contribution in [0.2, 0.25) is 0 Å². The monoisotopic (exact) mass is 275 g/mol. The van der Waals surface area contributed by atoms with Gasteiger partial charge in [0.05, 0.1) is 5.52 Å². The SMILES string of the molecule is [2H]C1COCCC1([2H])c1cc(O)c2cc(C)c(=O)n(C)c2c1. The van der Waals surface area contributed by atoms with Crippen LogP contribution in [0.1, 0.15) is 32.6 Å². The van der Waals surface area contributed by atoms with Crippen LogP contribution in [0, 0.1) is 6.92 Å². The summed E-state index contributed by atoms with van der Waals surface area (Å²) >= 11 is 0. The van der Waals surface area contributed by atoms with Gasteiger partial charge >= 0.3 is 0 Å². The van der Waals surface area contributed by atoms with Gasteiger partial charge in [0.2, 0.25) is 0 Å². The van der Waals surface area contributed by atoms with Gasteiger partial charge in [0.1, 0.15) is 5.75 Å². The van der Waals surface area contributed by atoms with Crippen molar-refractivity contribution in [3.05, 3.63) is 39.7 Å². The summed E-state index contributed by atoms with van der Waals surface area (Å²) in [5.41, 5.74) is 1.57. The van der Waals surface area contributed by atoms with Crippen LogP contribution in [0.15, 0.2) is 23.0 Å². The van der Waals surface area contributed by atoms with Crippen molar-refractivity contribution in [3.63, 3.8) is 0 Å². The lowest BCUT2D eigenvalue weighted by Crippen LogP contribution is -2.20. The number of phenols is 1. The largest absolute Gasteiger partial charge is 0.507 e. The number of hydrogen-bond acceptors (Lipinski definition) is 3. The molecule has 1 saturated heterocycles. The summed E-state index contributed by atoms with van der Waals surface area (Å²) in [6, 6.07) is 4.96. The molecule has 1 N–H and O–H groups in total. The quantitative estimate of drug-likeness (QED) is 0.869. The minimum atomic E-state index is -1.13. The van der Waals surface area contributed by atoms with E-state index in [-0.39, 0.29) is 17.9 Å². The lowest BCUT2D eigenvalue weighted by molar-refractivity contribution is 0.0853. The Labute approximate surface area is 120 Å². The highest BCUT2D eigenvalue weighted by molar-refractivity contribution is 5.86. The standard InChI is InChI=1S/C16H19NO3/c1-10-7-13-14(17(2)16(10)19)8-12(9-15(13)18)11-3-5-20-6-4-11/h7-9,11,18H,3-6H2,1-2H3/i3D,11D. The minimum Gasteiger partial charge on any atom is -0.507 e. The normalized spacial score (nSPS) is 28.2. The number of phenolic OH excluding ortho intramolecular Hbond substituents is 1. The molecule has 0 saturated carbocycles. The zero-order valence-corrected chi connectivity index (χ0v) is 11.6. The number of pyridine rings is 1. The van der Waals surface area contributed by atoms with E-state index in [1.165, 1.54) is 4.57 Å². The third kappa shape index (κ3) is 2.10. The molecule has 106 valence electrons. The lowest BCUT2D eigenvalue weighted by atomic mass is 9.90.